The second-order valence-electron chi connectivity index (χ2n) is 4.82. The fraction of sp³-hybridized carbons (Fsp3) is 0.500. The molecule has 0 aromatic heterocycles. The highest BCUT2D eigenvalue weighted by atomic mass is 16.5. The molecular formula is C16H24N2O. The van der Waals surface area contributed by atoms with Crippen LogP contribution in [0.25, 0.3) is 6.08 Å². The van der Waals surface area contributed by atoms with E-state index in [1.54, 1.807) is 0 Å². The van der Waals surface area contributed by atoms with Crippen molar-refractivity contribution in [3.05, 3.63) is 42.0 Å². The van der Waals surface area contributed by atoms with Gasteiger partial charge in [0, 0.05) is 19.6 Å². The second kappa shape index (κ2) is 8.86. The van der Waals surface area contributed by atoms with Gasteiger partial charge in [-0.1, -0.05) is 42.5 Å². The number of hydrogen-bond acceptors (Lipinski definition) is 3. The van der Waals surface area contributed by atoms with Crippen molar-refractivity contribution < 1.29 is 4.74 Å². The number of ether oxygens (including phenoxy) is 1. The highest BCUT2D eigenvalue weighted by molar-refractivity contribution is 5.48. The predicted octanol–water partition coefficient (Wildman–Crippen LogP) is 2.01. The summed E-state index contributed by atoms with van der Waals surface area (Å²) in [5.41, 5.74) is 1.26. The Labute approximate surface area is 116 Å². The van der Waals surface area contributed by atoms with Crippen molar-refractivity contribution in [2.75, 3.05) is 45.9 Å². The summed E-state index contributed by atoms with van der Waals surface area (Å²) in [5, 5.41) is 3.45. The molecule has 0 radical (unpaired) electrons. The molecule has 104 valence electrons. The lowest BCUT2D eigenvalue weighted by Crippen LogP contribution is -2.37. The second-order valence-corrected chi connectivity index (χ2v) is 4.82. The number of nitrogens with zero attached hydrogens (tertiary/aromatic N) is 1. The molecule has 3 heteroatoms. The van der Waals surface area contributed by atoms with E-state index >= 15 is 0 Å². The third-order valence-corrected chi connectivity index (χ3v) is 3.30. The van der Waals surface area contributed by atoms with Crippen LogP contribution in [-0.4, -0.2) is 50.8 Å². The zero-order chi connectivity index (χ0) is 13.2. The summed E-state index contributed by atoms with van der Waals surface area (Å²) in [4.78, 5) is 2.48. The van der Waals surface area contributed by atoms with Crippen LogP contribution in [-0.2, 0) is 4.74 Å². The van der Waals surface area contributed by atoms with E-state index in [0.717, 1.165) is 39.4 Å². The van der Waals surface area contributed by atoms with E-state index in [-0.39, 0.29) is 0 Å². The highest BCUT2D eigenvalue weighted by Crippen LogP contribution is 2.00. The monoisotopic (exact) mass is 260 g/mol. The van der Waals surface area contributed by atoms with Crippen LogP contribution in [0.15, 0.2) is 36.4 Å². The summed E-state index contributed by atoms with van der Waals surface area (Å²) in [6.07, 6.45) is 5.55. The van der Waals surface area contributed by atoms with Crippen molar-refractivity contribution >= 4 is 6.08 Å². The maximum Gasteiger partial charge on any atom is 0.0594 e. The SMILES string of the molecule is C(=Cc1ccccc1)CNCCCN1CCOCC1. The fourth-order valence-electron chi connectivity index (χ4n) is 2.20. The third-order valence-electron chi connectivity index (χ3n) is 3.30. The molecule has 0 atom stereocenters. The van der Waals surface area contributed by atoms with Gasteiger partial charge in [-0.2, -0.15) is 0 Å². The van der Waals surface area contributed by atoms with Crippen molar-refractivity contribution in [1.82, 2.24) is 10.2 Å². The molecule has 1 aliphatic rings. The number of hydrogen-bond donors (Lipinski definition) is 1. The number of morpholine rings is 1. The van der Waals surface area contributed by atoms with Crippen molar-refractivity contribution in [2.45, 2.75) is 6.42 Å². The molecule has 2 rings (SSSR count). The Morgan fingerprint density at radius 3 is 2.74 bits per heavy atom. The van der Waals surface area contributed by atoms with Crippen molar-refractivity contribution in [3.8, 4) is 0 Å². The lowest BCUT2D eigenvalue weighted by atomic mass is 10.2. The molecule has 1 aromatic rings. The van der Waals surface area contributed by atoms with Gasteiger partial charge in [-0.05, 0) is 25.1 Å². The van der Waals surface area contributed by atoms with Gasteiger partial charge in [0.15, 0.2) is 0 Å². The smallest absolute Gasteiger partial charge is 0.0594 e. The third kappa shape index (κ3) is 6.01. The summed E-state index contributed by atoms with van der Waals surface area (Å²) >= 11 is 0. The van der Waals surface area contributed by atoms with Gasteiger partial charge in [-0.15, -0.1) is 0 Å². The topological polar surface area (TPSA) is 24.5 Å². The van der Waals surface area contributed by atoms with Crippen molar-refractivity contribution in [3.63, 3.8) is 0 Å². The normalized spacial score (nSPS) is 17.1. The minimum atomic E-state index is 0.896. The summed E-state index contributed by atoms with van der Waals surface area (Å²) in [6, 6.07) is 10.4. The average molecular weight is 260 g/mol. The molecule has 0 amide bonds. The molecule has 1 aliphatic heterocycles. The van der Waals surface area contributed by atoms with Crippen LogP contribution in [0.3, 0.4) is 0 Å². The Hall–Kier alpha value is -1.16. The van der Waals surface area contributed by atoms with Gasteiger partial charge in [-0.25, -0.2) is 0 Å². The quantitative estimate of drug-likeness (QED) is 0.759. The summed E-state index contributed by atoms with van der Waals surface area (Å²) in [7, 11) is 0. The van der Waals surface area contributed by atoms with Gasteiger partial charge < -0.3 is 10.1 Å². The van der Waals surface area contributed by atoms with Gasteiger partial charge in [0.1, 0.15) is 0 Å². The zero-order valence-electron chi connectivity index (χ0n) is 11.6. The van der Waals surface area contributed by atoms with Gasteiger partial charge >= 0.3 is 0 Å². The molecule has 1 fully saturated rings. The molecule has 0 saturated carbocycles. The van der Waals surface area contributed by atoms with E-state index in [1.165, 1.54) is 18.5 Å². The van der Waals surface area contributed by atoms with Crippen LogP contribution in [0.2, 0.25) is 0 Å². The first-order valence-corrected chi connectivity index (χ1v) is 7.17. The summed E-state index contributed by atoms with van der Waals surface area (Å²) < 4.78 is 5.33. The maximum atomic E-state index is 5.33. The Kier molecular flexibility index (Phi) is 6.65. The Morgan fingerprint density at radius 1 is 1.16 bits per heavy atom. The Bertz CT molecular complexity index is 358. The number of nitrogens with one attached hydrogen (secondary N) is 1. The van der Waals surface area contributed by atoms with E-state index < -0.39 is 0 Å². The molecule has 1 saturated heterocycles. The van der Waals surface area contributed by atoms with Crippen LogP contribution >= 0.6 is 0 Å². The predicted molar refractivity (Wildman–Crippen MR) is 80.2 cm³/mol. The van der Waals surface area contributed by atoms with Gasteiger partial charge in [0.2, 0.25) is 0 Å². The first kappa shape index (κ1) is 14.3. The molecule has 0 bridgehead atoms. The fourth-order valence-corrected chi connectivity index (χ4v) is 2.20. The van der Waals surface area contributed by atoms with Crippen molar-refractivity contribution in [1.29, 1.82) is 0 Å². The number of benzene rings is 1. The molecule has 1 heterocycles. The Balaban J connectivity index is 1.49. The molecule has 19 heavy (non-hydrogen) atoms. The van der Waals surface area contributed by atoms with Gasteiger partial charge in [0.25, 0.3) is 0 Å². The Morgan fingerprint density at radius 2 is 1.95 bits per heavy atom. The summed E-state index contributed by atoms with van der Waals surface area (Å²) in [5.74, 6) is 0. The first-order valence-electron chi connectivity index (χ1n) is 7.17. The van der Waals surface area contributed by atoms with E-state index in [1.807, 2.05) is 6.07 Å². The van der Waals surface area contributed by atoms with E-state index in [4.69, 9.17) is 4.74 Å². The van der Waals surface area contributed by atoms with Crippen LogP contribution in [0.1, 0.15) is 12.0 Å². The van der Waals surface area contributed by atoms with Crippen LogP contribution in [0.5, 0.6) is 0 Å². The molecule has 0 aliphatic carbocycles. The van der Waals surface area contributed by atoms with Gasteiger partial charge in [0.05, 0.1) is 13.2 Å². The molecule has 0 spiro atoms. The molecule has 1 aromatic carbocycles. The van der Waals surface area contributed by atoms with Crippen LogP contribution < -0.4 is 5.32 Å². The largest absolute Gasteiger partial charge is 0.379 e. The molecule has 0 unspecified atom stereocenters. The number of rotatable bonds is 7. The molecular weight excluding hydrogens is 236 g/mol. The first-order chi connectivity index (χ1) is 9.45. The lowest BCUT2D eigenvalue weighted by Gasteiger charge is -2.26. The van der Waals surface area contributed by atoms with Crippen LogP contribution in [0, 0.1) is 0 Å². The van der Waals surface area contributed by atoms with Gasteiger partial charge in [-0.3, -0.25) is 4.90 Å². The standard InChI is InChI=1S/C16H24N2O/c1-2-6-16(7-3-1)8-4-9-17-10-5-11-18-12-14-19-15-13-18/h1-4,6-8,17H,5,9-15H2. The summed E-state index contributed by atoms with van der Waals surface area (Å²) in [6.45, 7) is 7.18. The van der Waals surface area contributed by atoms with Crippen LogP contribution in [0.4, 0.5) is 0 Å². The molecule has 1 N–H and O–H groups in total. The molecule has 3 nitrogen and oxygen atoms in total. The average Bonchev–Trinajstić information content (AvgIpc) is 2.48. The zero-order valence-corrected chi connectivity index (χ0v) is 11.6. The minimum Gasteiger partial charge on any atom is -0.379 e. The maximum absolute atomic E-state index is 5.33. The van der Waals surface area contributed by atoms with E-state index in [9.17, 15) is 0 Å². The van der Waals surface area contributed by atoms with E-state index in [0.29, 0.717) is 0 Å². The minimum absolute atomic E-state index is 0.896. The van der Waals surface area contributed by atoms with Crippen molar-refractivity contribution in [2.24, 2.45) is 0 Å². The highest BCUT2D eigenvalue weighted by Gasteiger charge is 2.08. The lowest BCUT2D eigenvalue weighted by molar-refractivity contribution is 0.0375. The van der Waals surface area contributed by atoms with E-state index in [2.05, 4.69) is 46.6 Å².